The van der Waals surface area contributed by atoms with Gasteiger partial charge in [-0.15, -0.1) is 0 Å². The first-order valence-corrected chi connectivity index (χ1v) is 3.79. The van der Waals surface area contributed by atoms with Crippen molar-refractivity contribution in [2.75, 3.05) is 0 Å². The van der Waals surface area contributed by atoms with Gasteiger partial charge in [-0.3, -0.25) is 0 Å². The van der Waals surface area contributed by atoms with Gasteiger partial charge in [0.05, 0.1) is 0 Å². The fraction of sp³-hybridized carbons (Fsp3) is 1.00. The minimum absolute atomic E-state index is 0.354. The topological polar surface area (TPSA) is 26.0 Å². The van der Waals surface area contributed by atoms with E-state index in [-0.39, 0.29) is 0 Å². The molecule has 2 atom stereocenters. The zero-order valence-electron chi connectivity index (χ0n) is 7.02. The smallest absolute Gasteiger partial charge is 0.00362 e. The highest BCUT2D eigenvalue weighted by atomic mass is 14.6. The van der Waals surface area contributed by atoms with Gasteiger partial charge in [0.1, 0.15) is 0 Å². The largest absolute Gasteiger partial charge is 0.328 e. The van der Waals surface area contributed by atoms with Gasteiger partial charge < -0.3 is 5.73 Å². The van der Waals surface area contributed by atoms with Crippen molar-refractivity contribution in [3.63, 3.8) is 0 Å². The van der Waals surface area contributed by atoms with Crippen LogP contribution >= 0.6 is 0 Å². The van der Waals surface area contributed by atoms with E-state index in [0.29, 0.717) is 12.0 Å². The Labute approximate surface area is 58.6 Å². The van der Waals surface area contributed by atoms with Gasteiger partial charge in [0, 0.05) is 6.04 Å². The molecule has 0 saturated heterocycles. The summed E-state index contributed by atoms with van der Waals surface area (Å²) in [5, 5.41) is 0. The molecule has 0 radical (unpaired) electrons. The van der Waals surface area contributed by atoms with Crippen molar-refractivity contribution in [1.29, 1.82) is 0 Å². The summed E-state index contributed by atoms with van der Waals surface area (Å²) in [6.45, 7) is 8.76. The molecular formula is C8H19N. The van der Waals surface area contributed by atoms with Crippen LogP contribution in [0.15, 0.2) is 0 Å². The van der Waals surface area contributed by atoms with Crippen LogP contribution in [0.3, 0.4) is 0 Å². The van der Waals surface area contributed by atoms with Gasteiger partial charge in [-0.05, 0) is 25.2 Å². The highest BCUT2D eigenvalue weighted by Crippen LogP contribution is 2.12. The third-order valence-electron chi connectivity index (χ3n) is 1.74. The highest BCUT2D eigenvalue weighted by molar-refractivity contribution is 4.64. The molecule has 56 valence electrons. The van der Waals surface area contributed by atoms with Gasteiger partial charge in [-0.1, -0.05) is 20.8 Å². The van der Waals surface area contributed by atoms with Gasteiger partial charge in [-0.25, -0.2) is 0 Å². The van der Waals surface area contributed by atoms with E-state index in [2.05, 4.69) is 27.7 Å². The lowest BCUT2D eigenvalue weighted by atomic mass is 9.94. The van der Waals surface area contributed by atoms with Crippen LogP contribution < -0.4 is 5.73 Å². The van der Waals surface area contributed by atoms with Crippen LogP contribution in [0.2, 0.25) is 0 Å². The van der Waals surface area contributed by atoms with Crippen molar-refractivity contribution < 1.29 is 0 Å². The molecule has 0 aliphatic carbocycles. The lowest BCUT2D eigenvalue weighted by molar-refractivity contribution is 0.388. The van der Waals surface area contributed by atoms with Gasteiger partial charge in [0.15, 0.2) is 0 Å². The Morgan fingerprint density at radius 2 is 1.56 bits per heavy atom. The fourth-order valence-corrected chi connectivity index (χ4v) is 0.958. The number of hydrogen-bond acceptors (Lipinski definition) is 1. The number of rotatable bonds is 3. The first kappa shape index (κ1) is 8.96. The van der Waals surface area contributed by atoms with E-state index in [0.717, 1.165) is 5.92 Å². The molecule has 9 heavy (non-hydrogen) atoms. The summed E-state index contributed by atoms with van der Waals surface area (Å²) in [7, 11) is 0. The summed E-state index contributed by atoms with van der Waals surface area (Å²) in [5.74, 6) is 1.45. The average Bonchev–Trinajstić information content (AvgIpc) is 1.63. The predicted molar refractivity (Wildman–Crippen MR) is 42.3 cm³/mol. The third kappa shape index (κ3) is 4.46. The van der Waals surface area contributed by atoms with Crippen molar-refractivity contribution >= 4 is 0 Å². The van der Waals surface area contributed by atoms with Gasteiger partial charge in [0.2, 0.25) is 0 Å². The summed E-state index contributed by atoms with van der Waals surface area (Å²) < 4.78 is 0. The Bertz CT molecular complexity index is 67.0. The number of nitrogens with two attached hydrogens (primary N) is 1. The molecule has 2 N–H and O–H groups in total. The fourth-order valence-electron chi connectivity index (χ4n) is 0.958. The SMILES string of the molecule is CC(C)CC(C)[C@@H](C)N. The van der Waals surface area contributed by atoms with Crippen LogP contribution in [0, 0.1) is 11.8 Å². The molecule has 1 heteroatoms. The molecule has 0 rings (SSSR count). The minimum Gasteiger partial charge on any atom is -0.328 e. The summed E-state index contributed by atoms with van der Waals surface area (Å²) >= 11 is 0. The maximum atomic E-state index is 5.68. The lowest BCUT2D eigenvalue weighted by Crippen LogP contribution is -2.25. The summed E-state index contributed by atoms with van der Waals surface area (Å²) in [5.41, 5.74) is 5.68. The second kappa shape index (κ2) is 3.89. The maximum absolute atomic E-state index is 5.68. The van der Waals surface area contributed by atoms with Gasteiger partial charge >= 0.3 is 0 Å². The van der Waals surface area contributed by atoms with Crippen molar-refractivity contribution in [3.05, 3.63) is 0 Å². The molecule has 1 unspecified atom stereocenters. The monoisotopic (exact) mass is 129 g/mol. The lowest BCUT2D eigenvalue weighted by Gasteiger charge is -2.16. The first-order chi connectivity index (χ1) is 4.04. The molecule has 0 heterocycles. The molecule has 1 nitrogen and oxygen atoms in total. The molecule has 0 aromatic rings. The number of hydrogen-bond donors (Lipinski definition) is 1. The van der Waals surface area contributed by atoms with Crippen molar-refractivity contribution in [2.45, 2.75) is 40.2 Å². The standard InChI is InChI=1S/C8H19N/c1-6(2)5-7(3)8(4)9/h6-8H,5,9H2,1-4H3/t7?,8-/m1/s1. The van der Waals surface area contributed by atoms with E-state index < -0.39 is 0 Å². The molecule has 0 fully saturated rings. The second-order valence-electron chi connectivity index (χ2n) is 3.47. The Balaban J connectivity index is 3.38. The molecule has 0 aromatic carbocycles. The normalized spacial score (nSPS) is 18.0. The maximum Gasteiger partial charge on any atom is 0.00362 e. The van der Waals surface area contributed by atoms with Gasteiger partial charge in [0.25, 0.3) is 0 Å². The molecule has 0 saturated carbocycles. The van der Waals surface area contributed by atoms with E-state index in [9.17, 15) is 0 Å². The van der Waals surface area contributed by atoms with E-state index in [4.69, 9.17) is 5.73 Å². The molecule has 0 aliphatic heterocycles. The van der Waals surface area contributed by atoms with E-state index >= 15 is 0 Å². The van der Waals surface area contributed by atoms with Crippen molar-refractivity contribution in [2.24, 2.45) is 17.6 Å². The van der Waals surface area contributed by atoms with Gasteiger partial charge in [-0.2, -0.15) is 0 Å². The molecule has 0 aliphatic rings. The molecule has 0 bridgehead atoms. The van der Waals surface area contributed by atoms with Crippen molar-refractivity contribution in [1.82, 2.24) is 0 Å². The zero-order chi connectivity index (χ0) is 7.44. The van der Waals surface area contributed by atoms with E-state index in [1.807, 2.05) is 0 Å². The molecule has 0 aromatic heterocycles. The highest BCUT2D eigenvalue weighted by Gasteiger charge is 2.08. The van der Waals surface area contributed by atoms with Crippen LogP contribution in [0.25, 0.3) is 0 Å². The minimum atomic E-state index is 0.354. The van der Waals surface area contributed by atoms with Crippen molar-refractivity contribution in [3.8, 4) is 0 Å². The molecular weight excluding hydrogens is 110 g/mol. The summed E-state index contributed by atoms with van der Waals surface area (Å²) in [6, 6.07) is 0.354. The summed E-state index contributed by atoms with van der Waals surface area (Å²) in [4.78, 5) is 0. The Hall–Kier alpha value is -0.0400. The Kier molecular flexibility index (Phi) is 3.87. The Morgan fingerprint density at radius 1 is 1.11 bits per heavy atom. The quantitative estimate of drug-likeness (QED) is 0.620. The zero-order valence-corrected chi connectivity index (χ0v) is 7.02. The predicted octanol–water partition coefficient (Wildman–Crippen LogP) is 2.02. The van der Waals surface area contributed by atoms with Crippen LogP contribution in [-0.4, -0.2) is 6.04 Å². The first-order valence-electron chi connectivity index (χ1n) is 3.79. The second-order valence-corrected chi connectivity index (χ2v) is 3.47. The summed E-state index contributed by atoms with van der Waals surface area (Å²) in [6.07, 6.45) is 1.25. The van der Waals surface area contributed by atoms with Crippen LogP contribution in [-0.2, 0) is 0 Å². The average molecular weight is 129 g/mol. The molecule has 0 amide bonds. The van der Waals surface area contributed by atoms with E-state index in [1.165, 1.54) is 6.42 Å². The van der Waals surface area contributed by atoms with Crippen LogP contribution in [0.4, 0.5) is 0 Å². The van der Waals surface area contributed by atoms with Crippen LogP contribution in [0.1, 0.15) is 34.1 Å². The third-order valence-corrected chi connectivity index (χ3v) is 1.74. The molecule has 0 spiro atoms. The van der Waals surface area contributed by atoms with Crippen LogP contribution in [0.5, 0.6) is 0 Å². The Morgan fingerprint density at radius 3 is 1.67 bits per heavy atom. The van der Waals surface area contributed by atoms with E-state index in [1.54, 1.807) is 0 Å².